The summed E-state index contributed by atoms with van der Waals surface area (Å²) >= 11 is 0. The molecule has 2 heteroatoms. The highest BCUT2D eigenvalue weighted by Gasteiger charge is 2.41. The van der Waals surface area contributed by atoms with Crippen LogP contribution in [0.15, 0.2) is 0 Å². The maximum Gasteiger partial charge on any atom is 0.312 e. The fourth-order valence-electron chi connectivity index (χ4n) is 3.76. The molecule has 1 saturated carbocycles. The molecule has 0 aromatic rings. The second-order valence-corrected chi connectivity index (χ2v) is 9.53. The average Bonchev–Trinajstić information content (AvgIpc) is 2.46. The largest absolute Gasteiger partial charge is 0.462 e. The average molecular weight is 325 g/mol. The second-order valence-electron chi connectivity index (χ2n) is 9.53. The Morgan fingerprint density at radius 1 is 1.04 bits per heavy atom. The Balaban J connectivity index is 2.63. The zero-order valence-electron chi connectivity index (χ0n) is 16.9. The number of hydrogen-bond donors (Lipinski definition) is 0. The van der Waals surface area contributed by atoms with Crippen molar-refractivity contribution in [3.05, 3.63) is 0 Å². The minimum atomic E-state index is -0.351. The van der Waals surface area contributed by atoms with Gasteiger partial charge in [-0.3, -0.25) is 4.79 Å². The monoisotopic (exact) mass is 324 g/mol. The molecule has 1 fully saturated rings. The molecule has 0 heterocycles. The van der Waals surface area contributed by atoms with Gasteiger partial charge in [0.2, 0.25) is 0 Å². The van der Waals surface area contributed by atoms with Crippen molar-refractivity contribution >= 4 is 5.97 Å². The van der Waals surface area contributed by atoms with Crippen LogP contribution in [0.1, 0.15) is 93.9 Å². The fraction of sp³-hybridized carbons (Fsp3) is 0.952. The van der Waals surface area contributed by atoms with E-state index < -0.39 is 0 Å². The molecule has 2 unspecified atom stereocenters. The van der Waals surface area contributed by atoms with E-state index in [1.165, 1.54) is 12.8 Å². The van der Waals surface area contributed by atoms with Crippen molar-refractivity contribution in [1.82, 2.24) is 0 Å². The number of carbonyl (C=O) groups excluding carboxylic acids is 1. The zero-order valence-corrected chi connectivity index (χ0v) is 16.9. The van der Waals surface area contributed by atoms with Gasteiger partial charge in [0.15, 0.2) is 0 Å². The van der Waals surface area contributed by atoms with E-state index in [1.54, 1.807) is 0 Å². The summed E-state index contributed by atoms with van der Waals surface area (Å²) in [5.74, 6) is 1.67. The molecule has 0 radical (unpaired) electrons. The lowest BCUT2D eigenvalue weighted by molar-refractivity contribution is -0.167. The minimum Gasteiger partial charge on any atom is -0.462 e. The van der Waals surface area contributed by atoms with Gasteiger partial charge in [0.1, 0.15) is 6.10 Å². The van der Waals surface area contributed by atoms with Crippen LogP contribution in [0.5, 0.6) is 0 Å². The summed E-state index contributed by atoms with van der Waals surface area (Å²) in [6.45, 7) is 17.8. The summed E-state index contributed by atoms with van der Waals surface area (Å²) < 4.78 is 5.99. The topological polar surface area (TPSA) is 26.3 Å². The molecular formula is C21H40O2. The van der Waals surface area contributed by atoms with Crippen molar-refractivity contribution in [2.75, 3.05) is 0 Å². The molecule has 0 aromatic heterocycles. The van der Waals surface area contributed by atoms with Gasteiger partial charge in [-0.2, -0.15) is 0 Å². The van der Waals surface area contributed by atoms with Gasteiger partial charge >= 0.3 is 5.97 Å². The quantitative estimate of drug-likeness (QED) is 0.541. The van der Waals surface area contributed by atoms with E-state index >= 15 is 0 Å². The number of esters is 1. The van der Waals surface area contributed by atoms with E-state index in [0.29, 0.717) is 17.3 Å². The molecular weight excluding hydrogens is 284 g/mol. The van der Waals surface area contributed by atoms with Gasteiger partial charge in [-0.25, -0.2) is 0 Å². The molecule has 0 saturated heterocycles. The molecule has 1 aliphatic rings. The smallest absolute Gasteiger partial charge is 0.312 e. The van der Waals surface area contributed by atoms with Crippen molar-refractivity contribution in [3.8, 4) is 0 Å². The normalized spacial score (nSPS) is 26.7. The lowest BCUT2D eigenvalue weighted by Crippen LogP contribution is -2.40. The predicted octanol–water partition coefficient (Wildman–Crippen LogP) is 6.23. The van der Waals surface area contributed by atoms with Crippen molar-refractivity contribution in [1.29, 1.82) is 0 Å². The Labute approximate surface area is 144 Å². The summed E-state index contributed by atoms with van der Waals surface area (Å²) in [5, 5.41) is 0. The molecule has 0 bridgehead atoms. The molecule has 0 N–H and O–H groups in total. The van der Waals surface area contributed by atoms with Crippen LogP contribution >= 0.6 is 0 Å². The highest BCUT2D eigenvalue weighted by atomic mass is 16.5. The Morgan fingerprint density at radius 3 is 1.96 bits per heavy atom. The van der Waals surface area contributed by atoms with Gasteiger partial charge in [0.25, 0.3) is 0 Å². The minimum absolute atomic E-state index is 0.0343. The van der Waals surface area contributed by atoms with E-state index in [2.05, 4.69) is 55.4 Å². The molecule has 2 atom stereocenters. The van der Waals surface area contributed by atoms with E-state index in [4.69, 9.17) is 4.74 Å². The molecule has 0 aromatic carbocycles. The molecule has 1 aliphatic carbocycles. The first-order valence-electron chi connectivity index (χ1n) is 9.71. The Morgan fingerprint density at radius 2 is 1.57 bits per heavy atom. The first-order valence-corrected chi connectivity index (χ1v) is 9.71. The Bertz CT molecular complexity index is 372. The molecule has 0 aliphatic heterocycles. The molecule has 2 nitrogen and oxygen atoms in total. The maximum atomic E-state index is 12.9. The van der Waals surface area contributed by atoms with Crippen LogP contribution in [0.2, 0.25) is 0 Å². The molecule has 0 amide bonds. The number of ether oxygens (including phenoxy) is 1. The van der Waals surface area contributed by atoms with Gasteiger partial charge in [0.05, 0.1) is 5.41 Å². The number of hydrogen-bond acceptors (Lipinski definition) is 2. The van der Waals surface area contributed by atoms with Crippen molar-refractivity contribution < 1.29 is 9.53 Å². The third-order valence-electron chi connectivity index (χ3n) is 6.38. The summed E-state index contributed by atoms with van der Waals surface area (Å²) in [4.78, 5) is 12.9. The zero-order chi connectivity index (χ0) is 17.8. The third-order valence-corrected chi connectivity index (χ3v) is 6.38. The standard InChI is InChI=1S/C21H40O2/c1-9-16(4)14-21(8,15(2)3)19(22)23-18-12-10-17(11-13-18)20(5,6)7/h15-18H,9-14H2,1-8H3. The molecule has 23 heavy (non-hydrogen) atoms. The number of rotatable bonds is 6. The SMILES string of the molecule is CCC(C)CC(C)(C(=O)OC1CCC(C(C)(C)C)CC1)C(C)C. The molecule has 0 spiro atoms. The van der Waals surface area contributed by atoms with Crippen LogP contribution in [0.25, 0.3) is 0 Å². The summed E-state index contributed by atoms with van der Waals surface area (Å²) in [6.07, 6.45) is 6.62. The van der Waals surface area contributed by atoms with Gasteiger partial charge < -0.3 is 4.74 Å². The van der Waals surface area contributed by atoms with Gasteiger partial charge in [-0.15, -0.1) is 0 Å². The first-order chi connectivity index (χ1) is 10.5. The Kier molecular flexibility index (Phi) is 7.16. The van der Waals surface area contributed by atoms with Crippen LogP contribution in [0.3, 0.4) is 0 Å². The van der Waals surface area contributed by atoms with Crippen LogP contribution in [-0.2, 0) is 9.53 Å². The molecule has 136 valence electrons. The highest BCUT2D eigenvalue weighted by molar-refractivity contribution is 5.77. The number of carbonyl (C=O) groups is 1. The van der Waals surface area contributed by atoms with Gasteiger partial charge in [0, 0.05) is 0 Å². The lowest BCUT2D eigenvalue weighted by atomic mass is 9.71. The fourth-order valence-corrected chi connectivity index (χ4v) is 3.76. The van der Waals surface area contributed by atoms with Crippen LogP contribution in [0.4, 0.5) is 0 Å². The summed E-state index contributed by atoms with van der Waals surface area (Å²) in [7, 11) is 0. The Hall–Kier alpha value is -0.530. The van der Waals surface area contributed by atoms with Gasteiger partial charge in [-0.1, -0.05) is 54.9 Å². The summed E-state index contributed by atoms with van der Waals surface area (Å²) in [5.41, 5.74) is 0.0221. The lowest BCUT2D eigenvalue weighted by Gasteiger charge is -2.39. The van der Waals surface area contributed by atoms with E-state index in [0.717, 1.165) is 31.6 Å². The van der Waals surface area contributed by atoms with Crippen molar-refractivity contribution in [3.63, 3.8) is 0 Å². The summed E-state index contributed by atoms with van der Waals surface area (Å²) in [6, 6.07) is 0. The van der Waals surface area contributed by atoms with Crippen LogP contribution in [0, 0.1) is 28.6 Å². The maximum absolute atomic E-state index is 12.9. The van der Waals surface area contributed by atoms with Crippen LogP contribution < -0.4 is 0 Å². The van der Waals surface area contributed by atoms with Crippen molar-refractivity contribution in [2.24, 2.45) is 28.6 Å². The first kappa shape index (κ1) is 20.5. The van der Waals surface area contributed by atoms with Crippen molar-refractivity contribution in [2.45, 2.75) is 100 Å². The predicted molar refractivity (Wildman–Crippen MR) is 98.3 cm³/mol. The van der Waals surface area contributed by atoms with E-state index in [-0.39, 0.29) is 17.5 Å². The van der Waals surface area contributed by atoms with Gasteiger partial charge in [-0.05, 0) is 62.2 Å². The second kappa shape index (κ2) is 8.03. The third kappa shape index (κ3) is 5.50. The highest BCUT2D eigenvalue weighted by Crippen LogP contribution is 2.41. The van der Waals surface area contributed by atoms with E-state index in [1.807, 2.05) is 0 Å². The molecule has 1 rings (SSSR count). The van der Waals surface area contributed by atoms with E-state index in [9.17, 15) is 4.79 Å². The van der Waals surface area contributed by atoms with Crippen LogP contribution in [-0.4, -0.2) is 12.1 Å².